The minimum absolute atomic E-state index is 0.139. The van der Waals surface area contributed by atoms with Crippen molar-refractivity contribution in [2.45, 2.75) is 45.8 Å². The van der Waals surface area contributed by atoms with Crippen LogP contribution in [0.15, 0.2) is 18.2 Å². The van der Waals surface area contributed by atoms with Gasteiger partial charge in [-0.05, 0) is 45.4 Å². The molecule has 1 heterocycles. The lowest BCUT2D eigenvalue weighted by molar-refractivity contribution is -0.131. The van der Waals surface area contributed by atoms with E-state index in [2.05, 4.69) is 0 Å². The van der Waals surface area contributed by atoms with Crippen molar-refractivity contribution in [2.24, 2.45) is 5.41 Å². The molecule has 1 saturated heterocycles. The molecule has 1 N–H and O–H groups in total. The summed E-state index contributed by atoms with van der Waals surface area (Å²) in [6.07, 6.45) is 0.625. The molecule has 1 fully saturated rings. The number of nitrogens with zero attached hydrogens (tertiary/aromatic N) is 2. The van der Waals surface area contributed by atoms with Crippen LogP contribution in [0.5, 0.6) is 0 Å². The molecule has 0 aliphatic carbocycles. The van der Waals surface area contributed by atoms with E-state index in [-0.39, 0.29) is 11.9 Å². The second-order valence-corrected chi connectivity index (χ2v) is 6.55. The van der Waals surface area contributed by atoms with Gasteiger partial charge in [-0.2, -0.15) is 5.26 Å². The normalized spacial score (nSPS) is 27.8. The molecule has 0 saturated carbocycles. The summed E-state index contributed by atoms with van der Waals surface area (Å²) in [5.74, 6) is -0.139. The molecule has 112 valence electrons. The zero-order valence-electron chi connectivity index (χ0n) is 12.6. The fraction of sp³-hybridized carbons (Fsp3) is 0.500. The fourth-order valence-corrected chi connectivity index (χ4v) is 3.17. The topological polar surface area (TPSA) is 64.3 Å². The monoisotopic (exact) mass is 306 g/mol. The maximum atomic E-state index is 12.7. The Hall–Kier alpha value is -1.57. The lowest BCUT2D eigenvalue weighted by Crippen LogP contribution is -2.47. The van der Waals surface area contributed by atoms with Crippen molar-refractivity contribution in [1.82, 2.24) is 0 Å². The second kappa shape index (κ2) is 5.01. The Kier molecular flexibility index (Phi) is 3.77. The van der Waals surface area contributed by atoms with E-state index in [4.69, 9.17) is 16.9 Å². The Labute approximate surface area is 129 Å². The van der Waals surface area contributed by atoms with Gasteiger partial charge in [-0.25, -0.2) is 0 Å². The first-order chi connectivity index (χ1) is 9.68. The number of nitriles is 1. The van der Waals surface area contributed by atoms with Gasteiger partial charge in [0, 0.05) is 5.69 Å². The van der Waals surface area contributed by atoms with Crippen molar-refractivity contribution in [2.75, 3.05) is 4.90 Å². The number of aliphatic hydroxyl groups is 1. The molecule has 0 radical (unpaired) electrons. The fourth-order valence-electron chi connectivity index (χ4n) is 2.95. The molecule has 1 aliphatic heterocycles. The summed E-state index contributed by atoms with van der Waals surface area (Å²) in [4.78, 5) is 14.3. The molecule has 1 aromatic carbocycles. The average molecular weight is 307 g/mol. The third kappa shape index (κ3) is 2.12. The highest BCUT2D eigenvalue weighted by molar-refractivity contribution is 6.32. The van der Waals surface area contributed by atoms with Crippen LogP contribution in [0.25, 0.3) is 0 Å². The van der Waals surface area contributed by atoms with Crippen molar-refractivity contribution >= 4 is 23.2 Å². The molecule has 21 heavy (non-hydrogen) atoms. The minimum Gasteiger partial charge on any atom is -0.387 e. The zero-order chi connectivity index (χ0) is 16.0. The van der Waals surface area contributed by atoms with Crippen LogP contribution in [0.3, 0.4) is 0 Å². The summed E-state index contributed by atoms with van der Waals surface area (Å²) in [5.41, 5.74) is -1.04. The van der Waals surface area contributed by atoms with Crippen LogP contribution in [0, 0.1) is 16.7 Å². The summed E-state index contributed by atoms with van der Waals surface area (Å²) in [6, 6.07) is 6.57. The van der Waals surface area contributed by atoms with Crippen molar-refractivity contribution in [1.29, 1.82) is 5.26 Å². The number of rotatable bonds is 2. The number of anilines is 1. The maximum absolute atomic E-state index is 12.7. The van der Waals surface area contributed by atoms with Gasteiger partial charge in [0.25, 0.3) is 0 Å². The van der Waals surface area contributed by atoms with Crippen molar-refractivity contribution < 1.29 is 9.90 Å². The van der Waals surface area contributed by atoms with Crippen LogP contribution in [-0.4, -0.2) is 22.7 Å². The molecule has 1 aliphatic rings. The van der Waals surface area contributed by atoms with Crippen LogP contribution in [0.4, 0.5) is 5.69 Å². The number of carbonyl (C=O) groups excluding carboxylic acids is 1. The van der Waals surface area contributed by atoms with Crippen molar-refractivity contribution in [3.05, 3.63) is 28.8 Å². The molecule has 5 heteroatoms. The summed E-state index contributed by atoms with van der Waals surface area (Å²) >= 11 is 6.07. The van der Waals surface area contributed by atoms with Gasteiger partial charge in [0.15, 0.2) is 0 Å². The van der Waals surface area contributed by atoms with E-state index >= 15 is 0 Å². The van der Waals surface area contributed by atoms with E-state index in [9.17, 15) is 9.90 Å². The molecular formula is C16H19ClN2O2. The lowest BCUT2D eigenvalue weighted by Gasteiger charge is -2.34. The molecule has 2 atom stereocenters. The van der Waals surface area contributed by atoms with Crippen molar-refractivity contribution in [3.8, 4) is 6.07 Å². The highest BCUT2D eigenvalue weighted by Gasteiger charge is 2.60. The van der Waals surface area contributed by atoms with Gasteiger partial charge in [-0.3, -0.25) is 4.79 Å². The first-order valence-corrected chi connectivity index (χ1v) is 7.32. The van der Waals surface area contributed by atoms with E-state index in [1.807, 2.05) is 13.0 Å². The SMILES string of the molecule is CC[C@@H]1N(c2ccc(C#N)c(Cl)c2)C(=O)C(C)(C)[C@]1(C)O. The third-order valence-corrected chi connectivity index (χ3v) is 5.03. The van der Waals surface area contributed by atoms with Gasteiger partial charge in [0.2, 0.25) is 5.91 Å². The Morgan fingerprint density at radius 2 is 2.05 bits per heavy atom. The number of halogens is 1. The van der Waals surface area contributed by atoms with Gasteiger partial charge in [0.1, 0.15) is 6.07 Å². The first kappa shape index (κ1) is 15.8. The van der Waals surface area contributed by atoms with E-state index < -0.39 is 11.0 Å². The van der Waals surface area contributed by atoms with Gasteiger partial charge in [0.05, 0.1) is 27.6 Å². The van der Waals surface area contributed by atoms with Crippen LogP contribution < -0.4 is 4.90 Å². The standard InChI is InChI=1S/C16H19ClN2O2/c1-5-13-16(4,21)15(2,3)14(20)19(13)11-7-6-10(9-18)12(17)8-11/h6-8,13,21H,5H2,1-4H3/t13-,16+/m0/s1. The van der Waals surface area contributed by atoms with E-state index in [0.717, 1.165) is 0 Å². The summed E-state index contributed by atoms with van der Waals surface area (Å²) in [6.45, 7) is 7.14. The molecular weight excluding hydrogens is 288 g/mol. The number of hydrogen-bond acceptors (Lipinski definition) is 3. The Bertz CT molecular complexity index is 632. The maximum Gasteiger partial charge on any atom is 0.235 e. The quantitative estimate of drug-likeness (QED) is 0.913. The number of hydrogen-bond donors (Lipinski definition) is 1. The molecule has 1 amide bonds. The van der Waals surface area contributed by atoms with Gasteiger partial charge < -0.3 is 10.0 Å². The van der Waals surface area contributed by atoms with Gasteiger partial charge in [-0.15, -0.1) is 0 Å². The van der Waals surface area contributed by atoms with E-state index in [0.29, 0.717) is 22.7 Å². The zero-order valence-corrected chi connectivity index (χ0v) is 13.4. The Balaban J connectivity index is 2.55. The second-order valence-electron chi connectivity index (χ2n) is 6.15. The van der Waals surface area contributed by atoms with E-state index in [1.54, 1.807) is 43.9 Å². The lowest BCUT2D eigenvalue weighted by atomic mass is 9.75. The smallest absolute Gasteiger partial charge is 0.235 e. The van der Waals surface area contributed by atoms with Crippen LogP contribution >= 0.6 is 11.6 Å². The highest BCUT2D eigenvalue weighted by atomic mass is 35.5. The predicted octanol–water partition coefficient (Wildman–Crippen LogP) is 3.11. The van der Waals surface area contributed by atoms with Crippen LogP contribution in [-0.2, 0) is 4.79 Å². The minimum atomic E-state index is -1.14. The van der Waals surface area contributed by atoms with Gasteiger partial charge in [-0.1, -0.05) is 18.5 Å². The van der Waals surface area contributed by atoms with E-state index in [1.165, 1.54) is 0 Å². The largest absolute Gasteiger partial charge is 0.387 e. The molecule has 2 rings (SSSR count). The molecule has 4 nitrogen and oxygen atoms in total. The molecule has 0 unspecified atom stereocenters. The number of carbonyl (C=O) groups is 1. The number of benzene rings is 1. The summed E-state index contributed by atoms with van der Waals surface area (Å²) in [7, 11) is 0. The highest BCUT2D eigenvalue weighted by Crippen LogP contribution is 2.47. The third-order valence-electron chi connectivity index (χ3n) is 4.72. The average Bonchev–Trinajstić information content (AvgIpc) is 2.55. The molecule has 0 bridgehead atoms. The van der Waals surface area contributed by atoms with Crippen LogP contribution in [0.1, 0.15) is 39.7 Å². The first-order valence-electron chi connectivity index (χ1n) is 6.94. The molecule has 1 aromatic rings. The number of amides is 1. The predicted molar refractivity (Wildman–Crippen MR) is 82.1 cm³/mol. The summed E-state index contributed by atoms with van der Waals surface area (Å²) < 4.78 is 0. The molecule has 0 spiro atoms. The van der Waals surface area contributed by atoms with Gasteiger partial charge >= 0.3 is 0 Å². The van der Waals surface area contributed by atoms with Crippen LogP contribution in [0.2, 0.25) is 5.02 Å². The Morgan fingerprint density at radius 3 is 2.52 bits per heavy atom. The Morgan fingerprint density at radius 1 is 1.43 bits per heavy atom. The summed E-state index contributed by atoms with van der Waals surface area (Å²) in [5, 5.41) is 20.0. The molecule has 0 aromatic heterocycles. The van der Waals surface area contributed by atoms with Crippen molar-refractivity contribution in [3.63, 3.8) is 0 Å².